The number of anilines is 1. The third-order valence-electron chi connectivity index (χ3n) is 2.86. The highest BCUT2D eigenvalue weighted by Gasteiger charge is 2.27. The van der Waals surface area contributed by atoms with Crippen LogP contribution in [0.5, 0.6) is 0 Å². The van der Waals surface area contributed by atoms with Crippen LogP contribution in [0.3, 0.4) is 0 Å². The second-order valence-electron chi connectivity index (χ2n) is 4.43. The number of alkyl halides is 3. The van der Waals surface area contributed by atoms with E-state index in [0.717, 1.165) is 23.4 Å². The van der Waals surface area contributed by atoms with Gasteiger partial charge < -0.3 is 10.2 Å². The Kier molecular flexibility index (Phi) is 5.02. The summed E-state index contributed by atoms with van der Waals surface area (Å²) in [6.45, 7) is 2.71. The van der Waals surface area contributed by atoms with E-state index in [1.165, 1.54) is 0 Å². The van der Waals surface area contributed by atoms with Crippen molar-refractivity contribution in [1.82, 2.24) is 5.32 Å². The molecule has 0 radical (unpaired) electrons. The van der Waals surface area contributed by atoms with Crippen LogP contribution >= 0.6 is 0 Å². The van der Waals surface area contributed by atoms with Crippen LogP contribution in [0.2, 0.25) is 0 Å². The number of benzene rings is 1. The number of aryl methyl sites for hydroxylation is 1. The predicted octanol–water partition coefficient (Wildman–Crippen LogP) is 3.10. The van der Waals surface area contributed by atoms with Gasteiger partial charge in [-0.2, -0.15) is 13.2 Å². The zero-order valence-corrected chi connectivity index (χ0v) is 10.9. The first-order valence-corrected chi connectivity index (χ1v) is 5.85. The van der Waals surface area contributed by atoms with Crippen molar-refractivity contribution < 1.29 is 13.2 Å². The molecule has 0 aromatic heterocycles. The molecule has 18 heavy (non-hydrogen) atoms. The van der Waals surface area contributed by atoms with Gasteiger partial charge in [-0.05, 0) is 37.2 Å². The van der Waals surface area contributed by atoms with Gasteiger partial charge in [0.1, 0.15) is 0 Å². The highest BCUT2D eigenvalue weighted by molar-refractivity contribution is 5.50. The Balaban J connectivity index is 2.69. The Morgan fingerprint density at radius 3 is 2.44 bits per heavy atom. The Morgan fingerprint density at radius 2 is 1.94 bits per heavy atom. The molecular weight excluding hydrogens is 241 g/mol. The number of hydrogen-bond donors (Lipinski definition) is 1. The topological polar surface area (TPSA) is 15.3 Å². The van der Waals surface area contributed by atoms with Crippen molar-refractivity contribution >= 4 is 5.69 Å². The minimum atomic E-state index is -4.10. The summed E-state index contributed by atoms with van der Waals surface area (Å²) in [6, 6.07) is 5.73. The molecule has 2 nitrogen and oxygen atoms in total. The van der Waals surface area contributed by atoms with E-state index in [1.54, 1.807) is 11.9 Å². The van der Waals surface area contributed by atoms with Crippen LogP contribution in [-0.4, -0.2) is 26.8 Å². The number of nitrogens with zero attached hydrogens (tertiary/aromatic N) is 1. The molecule has 0 heterocycles. The van der Waals surface area contributed by atoms with Crippen molar-refractivity contribution in [3.8, 4) is 0 Å². The Morgan fingerprint density at radius 1 is 1.28 bits per heavy atom. The third kappa shape index (κ3) is 4.56. The van der Waals surface area contributed by atoms with Crippen molar-refractivity contribution in [2.75, 3.05) is 25.5 Å². The van der Waals surface area contributed by atoms with Crippen molar-refractivity contribution in [2.45, 2.75) is 26.1 Å². The lowest BCUT2D eigenvalue weighted by atomic mass is 10.1. The van der Waals surface area contributed by atoms with Gasteiger partial charge >= 0.3 is 6.18 Å². The van der Waals surface area contributed by atoms with Gasteiger partial charge in [0.25, 0.3) is 0 Å². The number of nitrogens with one attached hydrogen (secondary N) is 1. The van der Waals surface area contributed by atoms with E-state index >= 15 is 0 Å². The van der Waals surface area contributed by atoms with E-state index in [0.29, 0.717) is 0 Å². The van der Waals surface area contributed by atoms with Gasteiger partial charge in [0.2, 0.25) is 0 Å². The van der Waals surface area contributed by atoms with Gasteiger partial charge in [-0.25, -0.2) is 0 Å². The molecule has 0 fully saturated rings. The highest BCUT2D eigenvalue weighted by atomic mass is 19.4. The minimum absolute atomic E-state index is 0.0195. The molecule has 1 aromatic carbocycles. The minimum Gasteiger partial charge on any atom is -0.374 e. The molecule has 0 spiro atoms. The standard InChI is InChI=1S/C13H19F3N2/c1-10-8-12(5-4-11(10)9-17-2)18(3)7-6-13(14,15)16/h4-5,8,17H,6-7,9H2,1-3H3. The molecule has 0 aliphatic heterocycles. The Labute approximate surface area is 106 Å². The van der Waals surface area contributed by atoms with Crippen LogP contribution in [0, 0.1) is 6.92 Å². The van der Waals surface area contributed by atoms with E-state index in [2.05, 4.69) is 5.32 Å². The van der Waals surface area contributed by atoms with Crippen LogP contribution in [0.4, 0.5) is 18.9 Å². The summed E-state index contributed by atoms with van der Waals surface area (Å²) in [5.74, 6) is 0. The van der Waals surface area contributed by atoms with E-state index in [4.69, 9.17) is 0 Å². The second kappa shape index (κ2) is 6.09. The van der Waals surface area contributed by atoms with Crippen LogP contribution < -0.4 is 10.2 Å². The van der Waals surface area contributed by atoms with Gasteiger partial charge in [-0.15, -0.1) is 0 Å². The summed E-state index contributed by atoms with van der Waals surface area (Å²) >= 11 is 0. The monoisotopic (exact) mass is 260 g/mol. The zero-order valence-electron chi connectivity index (χ0n) is 10.9. The Hall–Kier alpha value is -1.23. The quantitative estimate of drug-likeness (QED) is 0.875. The number of halogens is 3. The molecule has 0 unspecified atom stereocenters. The highest BCUT2D eigenvalue weighted by Crippen LogP contribution is 2.23. The second-order valence-corrected chi connectivity index (χ2v) is 4.43. The van der Waals surface area contributed by atoms with Gasteiger partial charge in [0.15, 0.2) is 0 Å². The lowest BCUT2D eigenvalue weighted by Gasteiger charge is -2.21. The van der Waals surface area contributed by atoms with Crippen molar-refractivity contribution in [3.05, 3.63) is 29.3 Å². The van der Waals surface area contributed by atoms with Crippen LogP contribution in [0.15, 0.2) is 18.2 Å². The predicted molar refractivity (Wildman–Crippen MR) is 67.9 cm³/mol. The normalized spacial score (nSPS) is 11.7. The van der Waals surface area contributed by atoms with Gasteiger partial charge in [0, 0.05) is 25.8 Å². The molecule has 0 aliphatic carbocycles. The molecule has 5 heteroatoms. The molecule has 1 N–H and O–H groups in total. The average molecular weight is 260 g/mol. The van der Waals surface area contributed by atoms with Crippen LogP contribution in [0.25, 0.3) is 0 Å². The zero-order chi connectivity index (χ0) is 13.8. The molecule has 1 aromatic rings. The SMILES string of the molecule is CNCc1ccc(N(C)CCC(F)(F)F)cc1C. The fourth-order valence-electron chi connectivity index (χ4n) is 1.73. The maximum absolute atomic E-state index is 12.1. The summed E-state index contributed by atoms with van der Waals surface area (Å²) in [6.07, 6.45) is -4.89. The molecular formula is C13H19F3N2. The van der Waals surface area contributed by atoms with Crippen molar-refractivity contribution in [2.24, 2.45) is 0 Å². The lowest BCUT2D eigenvalue weighted by Crippen LogP contribution is -2.24. The molecule has 0 saturated heterocycles. The molecule has 0 amide bonds. The first-order chi connectivity index (χ1) is 8.33. The molecule has 102 valence electrons. The van der Waals surface area contributed by atoms with E-state index in [-0.39, 0.29) is 6.54 Å². The summed E-state index contributed by atoms with van der Waals surface area (Å²) in [7, 11) is 3.54. The molecule has 0 bridgehead atoms. The summed E-state index contributed by atoms with van der Waals surface area (Å²) in [5.41, 5.74) is 3.06. The van der Waals surface area contributed by atoms with Crippen LogP contribution in [-0.2, 0) is 6.54 Å². The summed E-state index contributed by atoms with van der Waals surface area (Å²) < 4.78 is 36.4. The average Bonchev–Trinajstić information content (AvgIpc) is 2.28. The molecule has 0 aliphatic rings. The van der Waals surface area contributed by atoms with Gasteiger partial charge in [0.05, 0.1) is 6.42 Å². The van der Waals surface area contributed by atoms with E-state index < -0.39 is 12.6 Å². The smallest absolute Gasteiger partial charge is 0.374 e. The molecule has 0 saturated carbocycles. The lowest BCUT2D eigenvalue weighted by molar-refractivity contribution is -0.132. The van der Waals surface area contributed by atoms with Crippen molar-refractivity contribution in [1.29, 1.82) is 0 Å². The maximum Gasteiger partial charge on any atom is 0.390 e. The Bertz CT molecular complexity index is 388. The first-order valence-electron chi connectivity index (χ1n) is 5.85. The summed E-state index contributed by atoms with van der Waals surface area (Å²) in [4.78, 5) is 1.63. The summed E-state index contributed by atoms with van der Waals surface area (Å²) in [5, 5.41) is 3.06. The van der Waals surface area contributed by atoms with E-state index in [1.807, 2.05) is 32.2 Å². The largest absolute Gasteiger partial charge is 0.390 e. The maximum atomic E-state index is 12.1. The van der Waals surface area contributed by atoms with Gasteiger partial charge in [-0.1, -0.05) is 6.07 Å². The fraction of sp³-hybridized carbons (Fsp3) is 0.538. The number of hydrogen-bond acceptors (Lipinski definition) is 2. The van der Waals surface area contributed by atoms with Crippen LogP contribution in [0.1, 0.15) is 17.5 Å². The van der Waals surface area contributed by atoms with Gasteiger partial charge in [-0.3, -0.25) is 0 Å². The fourth-order valence-corrected chi connectivity index (χ4v) is 1.73. The van der Waals surface area contributed by atoms with Crippen molar-refractivity contribution in [3.63, 3.8) is 0 Å². The first kappa shape index (κ1) is 14.8. The molecule has 0 atom stereocenters. The molecule has 1 rings (SSSR count). The third-order valence-corrected chi connectivity index (χ3v) is 2.86. The van der Waals surface area contributed by atoms with E-state index in [9.17, 15) is 13.2 Å². The number of rotatable bonds is 5.